The number of fused-ring (bicyclic) bond motifs is 1. The summed E-state index contributed by atoms with van der Waals surface area (Å²) >= 11 is 3.44. The van der Waals surface area contributed by atoms with E-state index >= 15 is 0 Å². The minimum atomic E-state index is -0.881. The van der Waals surface area contributed by atoms with Crippen molar-refractivity contribution in [1.29, 1.82) is 0 Å². The molecule has 0 bridgehead atoms. The van der Waals surface area contributed by atoms with Gasteiger partial charge in [0.15, 0.2) is 0 Å². The highest BCUT2D eigenvalue weighted by atomic mass is 79.9. The predicted molar refractivity (Wildman–Crippen MR) is 141 cm³/mol. The van der Waals surface area contributed by atoms with Crippen molar-refractivity contribution in [3.63, 3.8) is 0 Å². The third-order valence-electron chi connectivity index (χ3n) is 5.92. The molecule has 0 aliphatic heterocycles. The van der Waals surface area contributed by atoms with E-state index in [4.69, 9.17) is 0 Å². The Balaban J connectivity index is 1.61. The summed E-state index contributed by atoms with van der Waals surface area (Å²) in [6.07, 6.45) is 0. The van der Waals surface area contributed by atoms with Crippen molar-refractivity contribution in [3.8, 4) is 0 Å². The Hall–Kier alpha value is -3.91. The number of hydrogen-bond acceptors (Lipinski definition) is 3. The molecule has 0 radical (unpaired) electrons. The van der Waals surface area contributed by atoms with E-state index in [1.54, 1.807) is 25.1 Å². The molecule has 1 atom stereocenters. The van der Waals surface area contributed by atoms with Crippen molar-refractivity contribution in [2.75, 3.05) is 10.7 Å². The lowest BCUT2D eigenvalue weighted by atomic mass is 10.1. The largest absolute Gasteiger partial charge is 0.341 e. The van der Waals surface area contributed by atoms with Gasteiger partial charge in [-0.3, -0.25) is 19.8 Å². The van der Waals surface area contributed by atoms with Gasteiger partial charge in [-0.05, 0) is 67.8 Å². The lowest BCUT2D eigenvalue weighted by Crippen LogP contribution is -2.40. The summed E-state index contributed by atoms with van der Waals surface area (Å²) in [5.74, 6) is -2.10. The van der Waals surface area contributed by atoms with Gasteiger partial charge in [0.1, 0.15) is 5.69 Å². The van der Waals surface area contributed by atoms with Gasteiger partial charge in [-0.15, -0.1) is 0 Å². The fourth-order valence-corrected chi connectivity index (χ4v) is 4.16. The van der Waals surface area contributed by atoms with Crippen LogP contribution in [0.2, 0.25) is 0 Å². The number of amides is 3. The molecule has 178 valence electrons. The first-order valence-electron chi connectivity index (χ1n) is 11.1. The van der Waals surface area contributed by atoms with Crippen LogP contribution in [0, 0.1) is 13.8 Å². The average Bonchev–Trinajstić information content (AvgIpc) is 3.19. The zero-order chi connectivity index (χ0) is 25.1. The predicted octanol–water partition coefficient (Wildman–Crippen LogP) is 5.22. The number of nitrogens with one attached hydrogen (secondary N) is 3. The molecular formula is C27H25BrN4O3. The van der Waals surface area contributed by atoms with Gasteiger partial charge in [-0.25, -0.2) is 4.68 Å². The van der Waals surface area contributed by atoms with E-state index < -0.39 is 17.7 Å². The number of benzene rings is 3. The quantitative estimate of drug-likeness (QED) is 0.307. The van der Waals surface area contributed by atoms with Crippen LogP contribution in [0.1, 0.15) is 40.1 Å². The van der Waals surface area contributed by atoms with Crippen molar-refractivity contribution in [2.45, 2.75) is 26.8 Å². The van der Waals surface area contributed by atoms with E-state index in [-0.39, 0.29) is 11.7 Å². The monoisotopic (exact) mass is 532 g/mol. The summed E-state index contributed by atoms with van der Waals surface area (Å²) in [6, 6.07) is 21.7. The first kappa shape index (κ1) is 24.2. The van der Waals surface area contributed by atoms with Crippen molar-refractivity contribution >= 4 is 50.2 Å². The molecule has 0 aliphatic carbocycles. The normalized spacial score (nSPS) is 11.7. The molecule has 1 aromatic heterocycles. The third kappa shape index (κ3) is 5.27. The van der Waals surface area contributed by atoms with Gasteiger partial charge < -0.3 is 10.6 Å². The molecule has 4 rings (SSSR count). The van der Waals surface area contributed by atoms with Crippen molar-refractivity contribution < 1.29 is 14.4 Å². The molecule has 35 heavy (non-hydrogen) atoms. The summed E-state index contributed by atoms with van der Waals surface area (Å²) in [7, 11) is 0. The summed E-state index contributed by atoms with van der Waals surface area (Å²) in [6.45, 7) is 5.69. The second kappa shape index (κ2) is 10.1. The first-order chi connectivity index (χ1) is 16.7. The molecule has 8 heteroatoms. The maximum atomic E-state index is 13.3. The highest BCUT2D eigenvalue weighted by molar-refractivity contribution is 9.10. The molecule has 0 saturated carbocycles. The number of hydrogen-bond donors (Lipinski definition) is 3. The highest BCUT2D eigenvalue weighted by Gasteiger charge is 2.22. The Labute approximate surface area is 211 Å². The fourth-order valence-electron chi connectivity index (χ4n) is 3.79. The minimum absolute atomic E-state index is 0.191. The summed E-state index contributed by atoms with van der Waals surface area (Å²) < 4.78 is 2.17. The number of aromatic nitrogens is 1. The number of anilines is 1. The molecule has 0 unspecified atom stereocenters. The van der Waals surface area contributed by atoms with Crippen LogP contribution in [0.3, 0.4) is 0 Å². The van der Waals surface area contributed by atoms with Gasteiger partial charge >= 0.3 is 11.8 Å². The van der Waals surface area contributed by atoms with Crippen LogP contribution < -0.4 is 16.1 Å². The zero-order valence-electron chi connectivity index (χ0n) is 19.6. The van der Waals surface area contributed by atoms with Crippen LogP contribution in [-0.2, 0) is 9.59 Å². The van der Waals surface area contributed by atoms with Gasteiger partial charge in [0, 0.05) is 15.5 Å². The number of halogens is 1. The second-order valence-corrected chi connectivity index (χ2v) is 9.23. The molecule has 3 N–H and O–H groups in total. The van der Waals surface area contributed by atoms with Gasteiger partial charge in [-0.1, -0.05) is 58.4 Å². The number of carbonyl (C=O) groups is 3. The molecule has 7 nitrogen and oxygen atoms in total. The van der Waals surface area contributed by atoms with Crippen molar-refractivity contribution in [2.24, 2.45) is 0 Å². The van der Waals surface area contributed by atoms with E-state index in [9.17, 15) is 14.4 Å². The Morgan fingerprint density at radius 3 is 2.37 bits per heavy atom. The van der Waals surface area contributed by atoms with Gasteiger partial charge in [0.2, 0.25) is 0 Å². The molecule has 0 fully saturated rings. The summed E-state index contributed by atoms with van der Waals surface area (Å²) in [4.78, 5) is 38.8. The fraction of sp³-hybridized carbons (Fsp3) is 0.148. The van der Waals surface area contributed by atoms with Crippen LogP contribution in [0.5, 0.6) is 0 Å². The number of aryl methyl sites for hydroxylation is 1. The topological polar surface area (TPSA) is 92.2 Å². The SMILES string of the molecule is Cc1cccc(NC(=O)c2cc3cc(Br)ccc3n2NC(=O)C(=O)N[C@H](C)c2ccccc2)c1C. The van der Waals surface area contributed by atoms with E-state index in [0.29, 0.717) is 11.2 Å². The molecule has 3 aromatic carbocycles. The molecule has 4 aromatic rings. The smallest absolute Gasteiger partial charge is 0.328 e. The standard InChI is InChI=1S/C27H25BrN4O3/c1-16-8-7-11-22(17(16)2)30-25(33)24-15-20-14-21(28)12-13-23(20)32(24)31-27(35)26(34)29-18(3)19-9-5-4-6-10-19/h4-15,18H,1-3H3,(H,29,34)(H,30,33)(H,31,35)/t18-/m1/s1. The van der Waals surface area contributed by atoms with Crippen LogP contribution in [0.25, 0.3) is 10.9 Å². The summed E-state index contributed by atoms with van der Waals surface area (Å²) in [5.41, 5.74) is 6.91. The Kier molecular flexibility index (Phi) is 7.02. The lowest BCUT2D eigenvalue weighted by molar-refractivity contribution is -0.137. The molecule has 0 spiro atoms. The summed E-state index contributed by atoms with van der Waals surface area (Å²) in [5, 5.41) is 6.34. The third-order valence-corrected chi connectivity index (χ3v) is 6.41. The van der Waals surface area contributed by atoms with E-state index in [2.05, 4.69) is 32.0 Å². The number of nitrogens with zero attached hydrogens (tertiary/aromatic N) is 1. The lowest BCUT2D eigenvalue weighted by Gasteiger charge is -2.16. The maximum Gasteiger partial charge on any atom is 0.328 e. The Morgan fingerprint density at radius 1 is 0.886 bits per heavy atom. The van der Waals surface area contributed by atoms with Crippen LogP contribution >= 0.6 is 15.9 Å². The van der Waals surface area contributed by atoms with Gasteiger partial charge in [0.05, 0.1) is 11.6 Å². The molecule has 0 saturated heterocycles. The van der Waals surface area contributed by atoms with Crippen molar-refractivity contribution in [1.82, 2.24) is 9.99 Å². The second-order valence-electron chi connectivity index (χ2n) is 8.32. The van der Waals surface area contributed by atoms with Crippen molar-refractivity contribution in [3.05, 3.63) is 99.7 Å². The molecule has 0 aliphatic rings. The minimum Gasteiger partial charge on any atom is -0.341 e. The Morgan fingerprint density at radius 2 is 1.63 bits per heavy atom. The average molecular weight is 533 g/mol. The zero-order valence-corrected chi connectivity index (χ0v) is 21.1. The van der Waals surface area contributed by atoms with E-state index in [0.717, 1.165) is 26.5 Å². The maximum absolute atomic E-state index is 13.3. The van der Waals surface area contributed by atoms with Crippen LogP contribution in [0.4, 0.5) is 5.69 Å². The number of carbonyl (C=O) groups excluding carboxylic acids is 3. The van der Waals surface area contributed by atoms with E-state index in [1.165, 1.54) is 4.68 Å². The Bertz CT molecular complexity index is 1430. The van der Waals surface area contributed by atoms with Crippen LogP contribution in [-0.4, -0.2) is 22.4 Å². The molecule has 3 amide bonds. The molecular weight excluding hydrogens is 508 g/mol. The van der Waals surface area contributed by atoms with Gasteiger partial charge in [0.25, 0.3) is 5.91 Å². The van der Waals surface area contributed by atoms with Gasteiger partial charge in [-0.2, -0.15) is 0 Å². The highest BCUT2D eigenvalue weighted by Crippen LogP contribution is 2.25. The first-order valence-corrected chi connectivity index (χ1v) is 11.9. The molecule has 1 heterocycles. The van der Waals surface area contributed by atoms with Crippen LogP contribution in [0.15, 0.2) is 77.3 Å². The van der Waals surface area contributed by atoms with E-state index in [1.807, 2.05) is 68.4 Å². The number of rotatable bonds is 5.